The quantitative estimate of drug-likeness (QED) is 0.749. The van der Waals surface area contributed by atoms with Crippen LogP contribution in [0.5, 0.6) is 0 Å². The van der Waals surface area contributed by atoms with Crippen LogP contribution in [0.2, 0.25) is 0 Å². The van der Waals surface area contributed by atoms with Gasteiger partial charge in [-0.2, -0.15) is 5.26 Å². The number of nitriles is 1. The van der Waals surface area contributed by atoms with E-state index in [1.54, 1.807) is 4.90 Å². The van der Waals surface area contributed by atoms with E-state index in [2.05, 4.69) is 0 Å². The molecule has 84 valence electrons. The van der Waals surface area contributed by atoms with E-state index < -0.39 is 0 Å². The van der Waals surface area contributed by atoms with Gasteiger partial charge in [0.05, 0.1) is 18.2 Å². The minimum atomic E-state index is 0.335. The minimum Gasteiger partial charge on any atom is -0.313 e. The van der Waals surface area contributed by atoms with Crippen LogP contribution < -0.4 is 4.90 Å². The highest BCUT2D eigenvalue weighted by molar-refractivity contribution is 5.98. The summed E-state index contributed by atoms with van der Waals surface area (Å²) in [5.74, 6) is 0. The molecule has 0 unspecified atom stereocenters. The topological polar surface area (TPSA) is 44.1 Å². The Hall–Kier alpha value is -2.34. The lowest BCUT2D eigenvalue weighted by molar-refractivity contribution is -0.107. The van der Waals surface area contributed by atoms with Crippen LogP contribution in [0.3, 0.4) is 0 Å². The van der Waals surface area contributed by atoms with Crippen LogP contribution in [0, 0.1) is 11.3 Å². The van der Waals surface area contributed by atoms with E-state index in [0.717, 1.165) is 22.9 Å². The van der Waals surface area contributed by atoms with Gasteiger partial charge in [0.2, 0.25) is 6.41 Å². The van der Waals surface area contributed by atoms with Crippen molar-refractivity contribution in [2.75, 3.05) is 11.4 Å². The van der Waals surface area contributed by atoms with Crippen LogP contribution in [0.1, 0.15) is 6.42 Å². The zero-order valence-corrected chi connectivity index (χ0v) is 9.34. The number of amides is 1. The fourth-order valence-corrected chi connectivity index (χ4v) is 1.86. The molecule has 0 saturated carbocycles. The molecule has 2 aromatic rings. The van der Waals surface area contributed by atoms with Crippen LogP contribution in [-0.4, -0.2) is 13.0 Å². The second-order valence-corrected chi connectivity index (χ2v) is 3.71. The van der Waals surface area contributed by atoms with Crippen molar-refractivity contribution in [3.05, 3.63) is 42.5 Å². The van der Waals surface area contributed by atoms with Gasteiger partial charge in [-0.15, -0.1) is 0 Å². The van der Waals surface area contributed by atoms with Crippen molar-refractivity contribution in [3.63, 3.8) is 0 Å². The summed E-state index contributed by atoms with van der Waals surface area (Å²) >= 11 is 0. The molecule has 0 radical (unpaired) electrons. The minimum absolute atomic E-state index is 0.335. The van der Waals surface area contributed by atoms with E-state index in [1.165, 1.54) is 0 Å². The Kier molecular flexibility index (Phi) is 3.37. The zero-order valence-electron chi connectivity index (χ0n) is 9.34. The molecule has 3 nitrogen and oxygen atoms in total. The largest absolute Gasteiger partial charge is 0.313 e. The third-order valence-electron chi connectivity index (χ3n) is 2.67. The standard InChI is InChI=1S/C14H12N2O/c15-9-4-10-16(11-17)14-8-3-6-12-5-1-2-7-13(12)14/h1-3,5-8,11H,4,10H2. The molecule has 0 aliphatic heterocycles. The molecule has 0 N–H and O–H groups in total. The molecule has 0 heterocycles. The predicted molar refractivity (Wildman–Crippen MR) is 67.6 cm³/mol. The van der Waals surface area contributed by atoms with E-state index in [-0.39, 0.29) is 0 Å². The lowest BCUT2D eigenvalue weighted by Gasteiger charge is -2.17. The molecule has 0 atom stereocenters. The summed E-state index contributed by atoms with van der Waals surface area (Å²) in [5, 5.41) is 10.7. The van der Waals surface area contributed by atoms with Gasteiger partial charge in [0.25, 0.3) is 0 Å². The van der Waals surface area contributed by atoms with E-state index in [4.69, 9.17) is 5.26 Å². The molecule has 1 amide bonds. The van der Waals surface area contributed by atoms with Crippen molar-refractivity contribution in [2.24, 2.45) is 0 Å². The maximum Gasteiger partial charge on any atom is 0.214 e. The van der Waals surface area contributed by atoms with Crippen molar-refractivity contribution in [3.8, 4) is 6.07 Å². The first kappa shape index (κ1) is 11.2. The molecule has 0 aliphatic rings. The number of carbonyl (C=O) groups excluding carboxylic acids is 1. The SMILES string of the molecule is N#CCCN(C=O)c1cccc2ccccc12. The molecular weight excluding hydrogens is 212 g/mol. The Morgan fingerprint density at radius 1 is 1.18 bits per heavy atom. The Balaban J connectivity index is 2.46. The van der Waals surface area contributed by atoms with Crippen molar-refractivity contribution in [2.45, 2.75) is 6.42 Å². The molecule has 0 spiro atoms. The van der Waals surface area contributed by atoms with Crippen LogP contribution in [0.4, 0.5) is 5.69 Å². The number of hydrogen-bond acceptors (Lipinski definition) is 2. The summed E-state index contributed by atoms with van der Waals surface area (Å²) in [5.41, 5.74) is 0.855. The van der Waals surface area contributed by atoms with Gasteiger partial charge in [0.15, 0.2) is 0 Å². The van der Waals surface area contributed by atoms with Gasteiger partial charge >= 0.3 is 0 Å². The second kappa shape index (κ2) is 5.13. The predicted octanol–water partition coefficient (Wildman–Crippen LogP) is 2.72. The van der Waals surface area contributed by atoms with Gasteiger partial charge < -0.3 is 4.90 Å². The highest BCUT2D eigenvalue weighted by Crippen LogP contribution is 2.25. The molecule has 0 saturated heterocycles. The summed E-state index contributed by atoms with van der Waals surface area (Å²) in [7, 11) is 0. The van der Waals surface area contributed by atoms with E-state index in [1.807, 2.05) is 48.5 Å². The van der Waals surface area contributed by atoms with Gasteiger partial charge in [-0.3, -0.25) is 4.79 Å². The van der Waals surface area contributed by atoms with Gasteiger partial charge in [0, 0.05) is 11.9 Å². The molecular formula is C14H12N2O. The Bertz CT molecular complexity index is 566. The summed E-state index contributed by atoms with van der Waals surface area (Å²) in [6.07, 6.45) is 1.11. The Morgan fingerprint density at radius 2 is 1.94 bits per heavy atom. The average molecular weight is 224 g/mol. The molecule has 0 aromatic heterocycles. The molecule has 3 heteroatoms. The number of nitrogens with zero attached hydrogens (tertiary/aromatic N) is 2. The fourth-order valence-electron chi connectivity index (χ4n) is 1.86. The van der Waals surface area contributed by atoms with Crippen molar-refractivity contribution >= 4 is 22.9 Å². The second-order valence-electron chi connectivity index (χ2n) is 3.71. The normalized spacial score (nSPS) is 9.82. The summed E-state index contributed by atoms with van der Waals surface area (Å²) in [6.45, 7) is 0.425. The number of hydrogen-bond donors (Lipinski definition) is 0. The number of anilines is 1. The van der Waals surface area contributed by atoms with E-state index in [0.29, 0.717) is 13.0 Å². The van der Waals surface area contributed by atoms with Gasteiger partial charge in [0.1, 0.15) is 0 Å². The number of benzene rings is 2. The molecule has 0 aliphatic carbocycles. The first-order valence-electron chi connectivity index (χ1n) is 5.43. The van der Waals surface area contributed by atoms with Crippen LogP contribution in [-0.2, 0) is 4.79 Å². The number of carbonyl (C=O) groups is 1. The van der Waals surface area contributed by atoms with Gasteiger partial charge in [-0.1, -0.05) is 36.4 Å². The summed E-state index contributed by atoms with van der Waals surface area (Å²) in [4.78, 5) is 12.6. The number of fused-ring (bicyclic) bond motifs is 1. The van der Waals surface area contributed by atoms with Gasteiger partial charge in [-0.25, -0.2) is 0 Å². The lowest BCUT2D eigenvalue weighted by atomic mass is 10.1. The Morgan fingerprint density at radius 3 is 2.71 bits per heavy atom. The maximum absolute atomic E-state index is 11.1. The molecule has 2 rings (SSSR count). The molecule has 0 bridgehead atoms. The first-order valence-corrected chi connectivity index (χ1v) is 5.43. The molecule has 2 aromatic carbocycles. The van der Waals surface area contributed by atoms with Crippen LogP contribution in [0.15, 0.2) is 42.5 Å². The van der Waals surface area contributed by atoms with E-state index >= 15 is 0 Å². The fraction of sp³-hybridized carbons (Fsp3) is 0.143. The van der Waals surface area contributed by atoms with Crippen LogP contribution >= 0.6 is 0 Å². The number of rotatable bonds is 4. The van der Waals surface area contributed by atoms with Gasteiger partial charge in [-0.05, 0) is 11.5 Å². The average Bonchev–Trinajstić information content (AvgIpc) is 2.40. The monoisotopic (exact) mass is 224 g/mol. The lowest BCUT2D eigenvalue weighted by Crippen LogP contribution is -2.22. The van der Waals surface area contributed by atoms with Crippen LogP contribution in [0.25, 0.3) is 10.8 Å². The third-order valence-corrected chi connectivity index (χ3v) is 2.67. The van der Waals surface area contributed by atoms with E-state index in [9.17, 15) is 4.79 Å². The smallest absolute Gasteiger partial charge is 0.214 e. The molecule has 17 heavy (non-hydrogen) atoms. The highest BCUT2D eigenvalue weighted by Gasteiger charge is 2.07. The highest BCUT2D eigenvalue weighted by atomic mass is 16.1. The van der Waals surface area contributed by atoms with Crippen molar-refractivity contribution < 1.29 is 4.79 Å². The summed E-state index contributed by atoms with van der Waals surface area (Å²) in [6, 6.07) is 15.8. The van der Waals surface area contributed by atoms with Crippen molar-refractivity contribution in [1.82, 2.24) is 0 Å². The Labute approximate surface area is 99.9 Å². The zero-order chi connectivity index (χ0) is 12.1. The first-order chi connectivity index (χ1) is 8.36. The summed E-state index contributed by atoms with van der Waals surface area (Å²) < 4.78 is 0. The molecule has 0 fully saturated rings. The third kappa shape index (κ3) is 2.26. The van der Waals surface area contributed by atoms with Crippen molar-refractivity contribution in [1.29, 1.82) is 5.26 Å². The maximum atomic E-state index is 11.1.